The van der Waals surface area contributed by atoms with E-state index >= 15 is 0 Å². The van der Waals surface area contributed by atoms with Crippen molar-refractivity contribution in [1.29, 1.82) is 0 Å². The van der Waals surface area contributed by atoms with Crippen LogP contribution in [0.3, 0.4) is 0 Å². The molecule has 0 saturated carbocycles. The summed E-state index contributed by atoms with van der Waals surface area (Å²) in [6.45, 7) is 9.35. The molecule has 2 atom stereocenters. The van der Waals surface area contributed by atoms with E-state index in [1.165, 1.54) is 41.1 Å². The zero-order valence-electron chi connectivity index (χ0n) is 11.3. The van der Waals surface area contributed by atoms with Crippen molar-refractivity contribution < 1.29 is 0 Å². The molecule has 18 heavy (non-hydrogen) atoms. The summed E-state index contributed by atoms with van der Waals surface area (Å²) < 4.78 is 1.22. The maximum Gasteiger partial charge on any atom is 0.0701 e. The number of likely N-dealkylation sites (tertiary alicyclic amines) is 1. The van der Waals surface area contributed by atoms with Gasteiger partial charge < -0.3 is 10.2 Å². The maximum atomic E-state index is 3.69. The number of nitrogens with zero attached hydrogens (tertiary/aromatic N) is 1. The Morgan fingerprint density at radius 3 is 3.06 bits per heavy atom. The molecule has 1 N–H and O–H groups in total. The molecule has 0 aromatic carbocycles. The molecule has 0 amide bonds. The predicted molar refractivity (Wildman–Crippen MR) is 83.2 cm³/mol. The molecule has 1 aliphatic rings. The smallest absolute Gasteiger partial charge is 0.0701 e. The fourth-order valence-corrected chi connectivity index (χ4v) is 4.10. The Bertz CT molecular complexity index is 366. The Morgan fingerprint density at radius 1 is 1.56 bits per heavy atom. The van der Waals surface area contributed by atoms with Gasteiger partial charge in [-0.2, -0.15) is 0 Å². The first-order chi connectivity index (χ1) is 8.69. The number of rotatable bonds is 5. The average molecular weight is 331 g/mol. The van der Waals surface area contributed by atoms with Gasteiger partial charge in [0.25, 0.3) is 0 Å². The second-order valence-corrected chi connectivity index (χ2v) is 7.72. The van der Waals surface area contributed by atoms with Crippen molar-refractivity contribution in [2.75, 3.05) is 19.6 Å². The van der Waals surface area contributed by atoms with E-state index in [4.69, 9.17) is 0 Å². The van der Waals surface area contributed by atoms with Crippen LogP contribution in [0.2, 0.25) is 0 Å². The summed E-state index contributed by atoms with van der Waals surface area (Å²) in [5, 5.41) is 3.69. The first-order valence-corrected chi connectivity index (χ1v) is 8.50. The second-order valence-electron chi connectivity index (χ2n) is 5.17. The average Bonchev–Trinajstić information content (AvgIpc) is 2.82. The molecule has 1 fully saturated rings. The third-order valence-electron chi connectivity index (χ3n) is 3.92. The largest absolute Gasteiger partial charge is 0.309 e. The molecule has 2 heterocycles. The quantitative estimate of drug-likeness (QED) is 0.885. The zero-order valence-corrected chi connectivity index (χ0v) is 13.7. The number of hydrogen-bond donors (Lipinski definition) is 1. The van der Waals surface area contributed by atoms with Crippen LogP contribution in [-0.2, 0) is 6.54 Å². The van der Waals surface area contributed by atoms with Gasteiger partial charge in [-0.15, -0.1) is 11.3 Å². The van der Waals surface area contributed by atoms with Crippen LogP contribution in [0.5, 0.6) is 0 Å². The van der Waals surface area contributed by atoms with Gasteiger partial charge in [0.1, 0.15) is 0 Å². The Balaban J connectivity index is 1.78. The van der Waals surface area contributed by atoms with E-state index in [-0.39, 0.29) is 0 Å². The van der Waals surface area contributed by atoms with E-state index in [0.717, 1.165) is 12.5 Å². The van der Waals surface area contributed by atoms with Gasteiger partial charge in [0.05, 0.1) is 3.79 Å². The predicted octanol–water partition coefficient (Wildman–Crippen LogP) is 3.72. The van der Waals surface area contributed by atoms with Crippen molar-refractivity contribution >= 4 is 27.3 Å². The van der Waals surface area contributed by atoms with Crippen LogP contribution < -0.4 is 5.32 Å². The Morgan fingerprint density at radius 2 is 2.39 bits per heavy atom. The first kappa shape index (κ1) is 14.5. The molecule has 1 aromatic rings. The summed E-state index contributed by atoms with van der Waals surface area (Å²) in [6, 6.07) is 4.94. The molecule has 2 unspecified atom stereocenters. The molecule has 1 aromatic heterocycles. The monoisotopic (exact) mass is 330 g/mol. The fraction of sp³-hybridized carbons (Fsp3) is 0.714. The lowest BCUT2D eigenvalue weighted by atomic mass is 9.91. The van der Waals surface area contributed by atoms with Crippen LogP contribution >= 0.6 is 27.3 Å². The van der Waals surface area contributed by atoms with Crippen molar-refractivity contribution in [2.45, 2.75) is 39.3 Å². The van der Waals surface area contributed by atoms with E-state index in [2.05, 4.69) is 52.1 Å². The van der Waals surface area contributed by atoms with E-state index in [1.807, 2.05) is 11.3 Å². The summed E-state index contributed by atoms with van der Waals surface area (Å²) in [6.07, 6.45) is 2.73. The minimum absolute atomic E-state index is 0.611. The minimum atomic E-state index is 0.611. The van der Waals surface area contributed by atoms with Gasteiger partial charge in [-0.25, -0.2) is 0 Å². The van der Waals surface area contributed by atoms with Gasteiger partial charge in [-0.1, -0.05) is 6.92 Å². The molecule has 4 heteroatoms. The normalized spacial score (nSPS) is 23.2. The third-order valence-corrected chi connectivity index (χ3v) is 5.55. The topological polar surface area (TPSA) is 15.3 Å². The van der Waals surface area contributed by atoms with Gasteiger partial charge in [0.15, 0.2) is 0 Å². The number of nitrogens with one attached hydrogen (secondary N) is 1. The molecule has 102 valence electrons. The SMILES string of the molecule is CCN1CCCC(C(C)NCc2ccc(Br)s2)C1. The molecule has 0 spiro atoms. The molecular formula is C14H23BrN2S. The lowest BCUT2D eigenvalue weighted by molar-refractivity contribution is 0.157. The summed E-state index contributed by atoms with van der Waals surface area (Å²) in [5.74, 6) is 0.808. The molecule has 1 aliphatic heterocycles. The molecule has 0 radical (unpaired) electrons. The molecule has 1 saturated heterocycles. The van der Waals surface area contributed by atoms with Crippen LogP contribution in [0.25, 0.3) is 0 Å². The highest BCUT2D eigenvalue weighted by molar-refractivity contribution is 9.11. The molecule has 0 aliphatic carbocycles. The lowest BCUT2D eigenvalue weighted by Gasteiger charge is -2.35. The first-order valence-electron chi connectivity index (χ1n) is 6.89. The number of thiophene rings is 1. The fourth-order valence-electron chi connectivity index (χ4n) is 2.66. The zero-order chi connectivity index (χ0) is 13.0. The van der Waals surface area contributed by atoms with Crippen molar-refractivity contribution in [1.82, 2.24) is 10.2 Å². The Labute approximate surface area is 123 Å². The summed E-state index contributed by atoms with van der Waals surface area (Å²) in [5.41, 5.74) is 0. The van der Waals surface area contributed by atoms with Crippen molar-refractivity contribution in [3.8, 4) is 0 Å². The number of halogens is 1. The van der Waals surface area contributed by atoms with E-state index in [0.29, 0.717) is 6.04 Å². The Kier molecular flexibility index (Phi) is 5.67. The van der Waals surface area contributed by atoms with Crippen LogP contribution in [0.15, 0.2) is 15.9 Å². The van der Waals surface area contributed by atoms with Crippen LogP contribution in [0.4, 0.5) is 0 Å². The van der Waals surface area contributed by atoms with Gasteiger partial charge in [-0.3, -0.25) is 0 Å². The van der Waals surface area contributed by atoms with E-state index < -0.39 is 0 Å². The van der Waals surface area contributed by atoms with Crippen molar-refractivity contribution in [3.63, 3.8) is 0 Å². The van der Waals surface area contributed by atoms with Gasteiger partial charge >= 0.3 is 0 Å². The minimum Gasteiger partial charge on any atom is -0.309 e. The Hall–Kier alpha value is 0.1000. The number of hydrogen-bond acceptors (Lipinski definition) is 3. The maximum absolute atomic E-state index is 3.69. The highest BCUT2D eigenvalue weighted by atomic mass is 79.9. The van der Waals surface area contributed by atoms with E-state index in [9.17, 15) is 0 Å². The lowest BCUT2D eigenvalue weighted by Crippen LogP contribution is -2.44. The van der Waals surface area contributed by atoms with Gasteiger partial charge in [0, 0.05) is 24.0 Å². The molecule has 2 nitrogen and oxygen atoms in total. The van der Waals surface area contributed by atoms with Gasteiger partial charge in [-0.05, 0) is 66.8 Å². The number of piperidine rings is 1. The molecule has 2 rings (SSSR count). The van der Waals surface area contributed by atoms with Crippen molar-refractivity contribution in [2.24, 2.45) is 5.92 Å². The van der Waals surface area contributed by atoms with Crippen LogP contribution in [0, 0.1) is 5.92 Å². The second kappa shape index (κ2) is 7.04. The summed E-state index contributed by atoms with van der Waals surface area (Å²) >= 11 is 5.34. The summed E-state index contributed by atoms with van der Waals surface area (Å²) in [4.78, 5) is 3.99. The van der Waals surface area contributed by atoms with E-state index in [1.54, 1.807) is 0 Å². The van der Waals surface area contributed by atoms with Crippen LogP contribution in [-0.4, -0.2) is 30.6 Å². The van der Waals surface area contributed by atoms with Gasteiger partial charge in [0.2, 0.25) is 0 Å². The molecular weight excluding hydrogens is 308 g/mol. The standard InChI is InChI=1S/C14H23BrN2S/c1-3-17-8-4-5-12(10-17)11(2)16-9-13-6-7-14(15)18-13/h6-7,11-12,16H,3-5,8-10H2,1-2H3. The third kappa shape index (κ3) is 4.05. The molecule has 0 bridgehead atoms. The van der Waals surface area contributed by atoms with Crippen molar-refractivity contribution in [3.05, 3.63) is 20.8 Å². The highest BCUT2D eigenvalue weighted by Crippen LogP contribution is 2.23. The summed E-state index contributed by atoms with van der Waals surface area (Å²) in [7, 11) is 0. The highest BCUT2D eigenvalue weighted by Gasteiger charge is 2.23. The van der Waals surface area contributed by atoms with Crippen LogP contribution in [0.1, 0.15) is 31.6 Å².